The summed E-state index contributed by atoms with van der Waals surface area (Å²) < 4.78 is 5.30. The molecule has 5 heteroatoms. The molecule has 0 amide bonds. The van der Waals surface area contributed by atoms with Crippen LogP contribution in [0.3, 0.4) is 0 Å². The number of rotatable bonds is 2. The normalized spacial score (nSPS) is 17.2. The molecule has 2 rings (SSSR count). The smallest absolute Gasteiger partial charge is 0.185 e. The number of nitriles is 1. The van der Waals surface area contributed by atoms with Crippen molar-refractivity contribution in [1.82, 2.24) is 4.98 Å². The average molecular weight is 237 g/mol. The van der Waals surface area contributed by atoms with Crippen molar-refractivity contribution in [3.8, 4) is 6.07 Å². The molecule has 86 valence electrons. The predicted molar refractivity (Wildman–Crippen MR) is 63.8 cm³/mol. The lowest BCUT2D eigenvalue weighted by molar-refractivity contribution is 0.122. The number of aromatic nitrogens is 1. The third kappa shape index (κ3) is 2.18. The van der Waals surface area contributed by atoms with Crippen LogP contribution in [0.5, 0.6) is 0 Å². The van der Waals surface area contributed by atoms with Gasteiger partial charge in [0, 0.05) is 24.2 Å². The summed E-state index contributed by atoms with van der Waals surface area (Å²) in [5, 5.41) is 10.1. The van der Waals surface area contributed by atoms with E-state index in [9.17, 15) is 0 Å². The zero-order valence-corrected chi connectivity index (χ0v) is 10.4. The van der Waals surface area contributed by atoms with Crippen molar-refractivity contribution in [3.63, 3.8) is 0 Å². The molecule has 0 atom stereocenters. The zero-order valence-electron chi connectivity index (χ0n) is 9.56. The van der Waals surface area contributed by atoms with Gasteiger partial charge in [0.15, 0.2) is 5.13 Å². The molecule has 2 heterocycles. The Bertz CT molecular complexity index is 402. The van der Waals surface area contributed by atoms with Crippen LogP contribution in [-0.4, -0.2) is 31.3 Å². The Kier molecular flexibility index (Phi) is 3.13. The number of morpholine rings is 1. The van der Waals surface area contributed by atoms with Gasteiger partial charge in [-0.2, -0.15) is 5.26 Å². The maximum atomic E-state index is 9.06. The highest BCUT2D eigenvalue weighted by molar-refractivity contribution is 7.15. The highest BCUT2D eigenvalue weighted by atomic mass is 32.1. The van der Waals surface area contributed by atoms with Crippen LogP contribution >= 0.6 is 11.3 Å². The summed E-state index contributed by atoms with van der Waals surface area (Å²) in [6.07, 6.45) is 1.82. The SMILES string of the molecule is CC(C)(C#N)c1cnc(N2CCOCC2)s1. The van der Waals surface area contributed by atoms with Gasteiger partial charge in [-0.1, -0.05) is 0 Å². The van der Waals surface area contributed by atoms with Crippen LogP contribution in [0.1, 0.15) is 18.7 Å². The molecule has 0 saturated carbocycles. The molecule has 1 aromatic heterocycles. The number of nitrogens with zero attached hydrogens (tertiary/aromatic N) is 3. The average Bonchev–Trinajstić information content (AvgIpc) is 2.80. The fourth-order valence-electron chi connectivity index (χ4n) is 1.51. The lowest BCUT2D eigenvalue weighted by Crippen LogP contribution is -2.36. The van der Waals surface area contributed by atoms with E-state index in [1.54, 1.807) is 11.3 Å². The van der Waals surface area contributed by atoms with Gasteiger partial charge in [-0.25, -0.2) is 4.98 Å². The van der Waals surface area contributed by atoms with E-state index in [0.29, 0.717) is 0 Å². The molecule has 0 aromatic carbocycles. The Morgan fingerprint density at radius 2 is 2.19 bits per heavy atom. The predicted octanol–water partition coefficient (Wildman–Crippen LogP) is 1.78. The molecule has 0 N–H and O–H groups in total. The van der Waals surface area contributed by atoms with E-state index in [2.05, 4.69) is 16.0 Å². The van der Waals surface area contributed by atoms with E-state index >= 15 is 0 Å². The first-order valence-corrected chi connectivity index (χ1v) is 6.15. The Labute approximate surface area is 99.5 Å². The minimum Gasteiger partial charge on any atom is -0.378 e. The maximum Gasteiger partial charge on any atom is 0.185 e. The molecule has 1 saturated heterocycles. The fraction of sp³-hybridized carbons (Fsp3) is 0.636. The molecule has 16 heavy (non-hydrogen) atoms. The van der Waals surface area contributed by atoms with Crippen molar-refractivity contribution in [2.75, 3.05) is 31.2 Å². The fourth-order valence-corrected chi connectivity index (χ4v) is 2.53. The first-order valence-electron chi connectivity index (χ1n) is 5.34. The first kappa shape index (κ1) is 11.4. The van der Waals surface area contributed by atoms with Crippen molar-refractivity contribution in [2.24, 2.45) is 0 Å². The van der Waals surface area contributed by atoms with Crippen LogP contribution in [0.15, 0.2) is 6.20 Å². The van der Waals surface area contributed by atoms with Gasteiger partial charge in [0.05, 0.1) is 24.7 Å². The third-order valence-corrected chi connectivity index (χ3v) is 4.05. The molecule has 0 bridgehead atoms. The molecule has 0 spiro atoms. The second-order valence-corrected chi connectivity index (χ2v) is 5.35. The Morgan fingerprint density at radius 3 is 2.81 bits per heavy atom. The van der Waals surface area contributed by atoms with Gasteiger partial charge in [0.25, 0.3) is 0 Å². The second kappa shape index (κ2) is 4.40. The van der Waals surface area contributed by atoms with E-state index < -0.39 is 5.41 Å². The third-order valence-electron chi connectivity index (χ3n) is 2.67. The summed E-state index contributed by atoms with van der Waals surface area (Å²) in [5.41, 5.74) is -0.442. The lowest BCUT2D eigenvalue weighted by Gasteiger charge is -2.26. The van der Waals surface area contributed by atoms with E-state index in [1.165, 1.54) is 0 Å². The van der Waals surface area contributed by atoms with Gasteiger partial charge in [0.2, 0.25) is 0 Å². The van der Waals surface area contributed by atoms with E-state index in [-0.39, 0.29) is 0 Å². The Balaban J connectivity index is 2.16. The molecular weight excluding hydrogens is 222 g/mol. The molecule has 0 unspecified atom stereocenters. The molecule has 0 radical (unpaired) electrons. The number of ether oxygens (including phenoxy) is 1. The van der Waals surface area contributed by atoms with E-state index in [4.69, 9.17) is 10.00 Å². The van der Waals surface area contributed by atoms with E-state index in [0.717, 1.165) is 36.3 Å². The molecule has 1 aliphatic heterocycles. The van der Waals surface area contributed by atoms with Crippen LogP contribution in [-0.2, 0) is 10.2 Å². The molecule has 4 nitrogen and oxygen atoms in total. The lowest BCUT2D eigenvalue weighted by atomic mass is 9.95. The second-order valence-electron chi connectivity index (χ2n) is 4.34. The largest absolute Gasteiger partial charge is 0.378 e. The quantitative estimate of drug-likeness (QED) is 0.786. The number of anilines is 1. The van der Waals surface area contributed by atoms with Gasteiger partial charge in [-0.15, -0.1) is 11.3 Å². The molecular formula is C11H15N3OS. The Hall–Kier alpha value is -1.12. The molecule has 0 aliphatic carbocycles. The van der Waals surface area contributed by atoms with Crippen molar-refractivity contribution in [1.29, 1.82) is 5.26 Å². The highest BCUT2D eigenvalue weighted by Crippen LogP contribution is 2.32. The number of hydrogen-bond acceptors (Lipinski definition) is 5. The molecule has 1 aromatic rings. The minimum absolute atomic E-state index is 0.442. The van der Waals surface area contributed by atoms with Crippen LogP contribution in [0.4, 0.5) is 5.13 Å². The van der Waals surface area contributed by atoms with E-state index in [1.807, 2.05) is 20.0 Å². The van der Waals surface area contributed by atoms with Crippen molar-refractivity contribution < 1.29 is 4.74 Å². The first-order chi connectivity index (χ1) is 7.63. The zero-order chi connectivity index (χ0) is 11.6. The van der Waals surface area contributed by atoms with Crippen molar-refractivity contribution in [3.05, 3.63) is 11.1 Å². The van der Waals surface area contributed by atoms with Crippen molar-refractivity contribution >= 4 is 16.5 Å². The van der Waals surface area contributed by atoms with Gasteiger partial charge in [-0.3, -0.25) is 0 Å². The molecule has 1 fully saturated rings. The molecule has 1 aliphatic rings. The van der Waals surface area contributed by atoms with Gasteiger partial charge in [-0.05, 0) is 13.8 Å². The van der Waals surface area contributed by atoms with Crippen LogP contribution in [0.25, 0.3) is 0 Å². The van der Waals surface area contributed by atoms with Crippen LogP contribution in [0.2, 0.25) is 0 Å². The Morgan fingerprint density at radius 1 is 1.50 bits per heavy atom. The van der Waals surface area contributed by atoms with Gasteiger partial charge >= 0.3 is 0 Å². The summed E-state index contributed by atoms with van der Waals surface area (Å²) in [6, 6.07) is 2.30. The summed E-state index contributed by atoms with van der Waals surface area (Å²) in [5.74, 6) is 0. The van der Waals surface area contributed by atoms with Crippen molar-refractivity contribution in [2.45, 2.75) is 19.3 Å². The monoisotopic (exact) mass is 237 g/mol. The summed E-state index contributed by atoms with van der Waals surface area (Å²) in [7, 11) is 0. The number of hydrogen-bond donors (Lipinski definition) is 0. The summed E-state index contributed by atoms with van der Waals surface area (Å²) in [6.45, 7) is 7.14. The standard InChI is InChI=1S/C11H15N3OS/c1-11(2,8-12)9-7-13-10(16-9)14-3-5-15-6-4-14/h7H,3-6H2,1-2H3. The minimum atomic E-state index is -0.442. The number of thiazole rings is 1. The van der Waals surface area contributed by atoms with Gasteiger partial charge < -0.3 is 9.64 Å². The van der Waals surface area contributed by atoms with Crippen LogP contribution in [0, 0.1) is 11.3 Å². The summed E-state index contributed by atoms with van der Waals surface area (Å²) in [4.78, 5) is 7.63. The summed E-state index contributed by atoms with van der Waals surface area (Å²) >= 11 is 1.61. The topological polar surface area (TPSA) is 49.2 Å². The highest BCUT2D eigenvalue weighted by Gasteiger charge is 2.24. The maximum absolute atomic E-state index is 9.06. The van der Waals surface area contributed by atoms with Gasteiger partial charge in [0.1, 0.15) is 0 Å². The van der Waals surface area contributed by atoms with Crippen LogP contribution < -0.4 is 4.90 Å².